The molecule has 0 atom stereocenters. The van der Waals surface area contributed by atoms with Crippen molar-refractivity contribution in [2.24, 2.45) is 7.05 Å². The first-order valence-electron chi connectivity index (χ1n) is 3.00. The lowest BCUT2D eigenvalue weighted by Gasteiger charge is -1.96. The van der Waals surface area contributed by atoms with E-state index in [-0.39, 0.29) is 5.75 Å². The number of carboxylic acids is 1. The molecule has 5 nitrogen and oxygen atoms in total. The van der Waals surface area contributed by atoms with Crippen LogP contribution in [0.5, 0.6) is 0 Å². The van der Waals surface area contributed by atoms with Gasteiger partial charge in [-0.1, -0.05) is 11.8 Å². The van der Waals surface area contributed by atoms with Gasteiger partial charge in [-0.05, 0) is 15.9 Å². The Hall–Kier alpha value is -0.560. The summed E-state index contributed by atoms with van der Waals surface area (Å²) in [7, 11) is 1.76. The van der Waals surface area contributed by atoms with Gasteiger partial charge in [0, 0.05) is 7.05 Å². The summed E-state index contributed by atoms with van der Waals surface area (Å²) < 4.78 is 2.27. The molecule has 0 aliphatic rings. The molecule has 0 bridgehead atoms. The van der Waals surface area contributed by atoms with E-state index in [4.69, 9.17) is 5.11 Å². The van der Waals surface area contributed by atoms with Crippen molar-refractivity contribution in [3.8, 4) is 0 Å². The molecule has 0 saturated carbocycles. The van der Waals surface area contributed by atoms with Crippen molar-refractivity contribution in [1.82, 2.24) is 14.8 Å². The van der Waals surface area contributed by atoms with Crippen LogP contribution in [0.3, 0.4) is 0 Å². The van der Waals surface area contributed by atoms with Crippen LogP contribution in [-0.4, -0.2) is 31.6 Å². The number of thioether (sulfide) groups is 1. The molecule has 1 aromatic heterocycles. The number of carbonyl (C=O) groups is 1. The highest BCUT2D eigenvalue weighted by Crippen LogP contribution is 2.17. The van der Waals surface area contributed by atoms with Gasteiger partial charge in [-0.3, -0.25) is 9.36 Å². The first-order chi connectivity index (χ1) is 5.61. The second-order valence-corrected chi connectivity index (χ2v) is 3.64. The average Bonchev–Trinajstić information content (AvgIpc) is 2.30. The third kappa shape index (κ3) is 2.21. The second kappa shape index (κ2) is 3.90. The Morgan fingerprint density at radius 1 is 1.75 bits per heavy atom. The molecule has 0 fully saturated rings. The molecule has 1 N–H and O–H groups in total. The normalized spacial score (nSPS) is 10.2. The van der Waals surface area contributed by atoms with Gasteiger partial charge < -0.3 is 5.11 Å². The summed E-state index contributed by atoms with van der Waals surface area (Å²) >= 11 is 4.29. The number of rotatable bonds is 3. The van der Waals surface area contributed by atoms with Crippen molar-refractivity contribution in [2.75, 3.05) is 5.75 Å². The summed E-state index contributed by atoms with van der Waals surface area (Å²) in [6.07, 6.45) is 0. The van der Waals surface area contributed by atoms with E-state index in [2.05, 4.69) is 26.1 Å². The zero-order valence-corrected chi connectivity index (χ0v) is 8.59. The van der Waals surface area contributed by atoms with Crippen molar-refractivity contribution in [2.45, 2.75) is 5.16 Å². The van der Waals surface area contributed by atoms with Crippen molar-refractivity contribution in [3.05, 3.63) is 4.73 Å². The summed E-state index contributed by atoms with van der Waals surface area (Å²) in [5.41, 5.74) is 0. The number of hydrogen-bond donors (Lipinski definition) is 1. The predicted octanol–water partition coefficient (Wildman–Crippen LogP) is 0.754. The molecular formula is C5H6BrN3O2S. The number of carboxylic acid groups (broad SMARTS) is 1. The van der Waals surface area contributed by atoms with Crippen LogP contribution >= 0.6 is 27.7 Å². The standard InChI is InChI=1S/C5H6BrN3O2S/c1-9-4(6)7-8-5(9)12-2-3(10)11/h2H2,1H3,(H,10,11). The third-order valence-corrected chi connectivity index (χ3v) is 2.80. The van der Waals surface area contributed by atoms with E-state index in [1.807, 2.05) is 0 Å². The molecule has 0 saturated heterocycles. The first-order valence-corrected chi connectivity index (χ1v) is 4.78. The largest absolute Gasteiger partial charge is 0.481 e. The van der Waals surface area contributed by atoms with Crippen molar-refractivity contribution in [1.29, 1.82) is 0 Å². The van der Waals surface area contributed by atoms with Crippen LogP contribution in [0.2, 0.25) is 0 Å². The molecule has 0 aromatic carbocycles. The SMILES string of the molecule is Cn1c(Br)nnc1SCC(=O)O. The van der Waals surface area contributed by atoms with Gasteiger partial charge in [0.25, 0.3) is 0 Å². The summed E-state index contributed by atoms with van der Waals surface area (Å²) in [6, 6.07) is 0. The summed E-state index contributed by atoms with van der Waals surface area (Å²) in [5.74, 6) is -0.863. The van der Waals surface area contributed by atoms with Crippen LogP contribution in [0.15, 0.2) is 9.89 Å². The van der Waals surface area contributed by atoms with Crippen LogP contribution in [-0.2, 0) is 11.8 Å². The van der Waals surface area contributed by atoms with E-state index in [1.165, 1.54) is 0 Å². The molecule has 12 heavy (non-hydrogen) atoms. The summed E-state index contributed by atoms with van der Waals surface area (Å²) in [6.45, 7) is 0. The highest BCUT2D eigenvalue weighted by atomic mass is 79.9. The molecule has 7 heteroatoms. The number of hydrogen-bond acceptors (Lipinski definition) is 4. The lowest BCUT2D eigenvalue weighted by Crippen LogP contribution is -2.00. The van der Waals surface area contributed by atoms with Gasteiger partial charge in [0.1, 0.15) is 0 Å². The first kappa shape index (κ1) is 9.53. The second-order valence-electron chi connectivity index (χ2n) is 1.99. The predicted molar refractivity (Wildman–Crippen MR) is 47.1 cm³/mol. The van der Waals surface area contributed by atoms with Crippen LogP contribution in [0, 0.1) is 0 Å². The van der Waals surface area contributed by atoms with Gasteiger partial charge in [0.15, 0.2) is 5.16 Å². The van der Waals surface area contributed by atoms with E-state index in [9.17, 15) is 4.79 Å². The number of nitrogens with zero attached hydrogens (tertiary/aromatic N) is 3. The summed E-state index contributed by atoms with van der Waals surface area (Å²) in [5, 5.41) is 16.4. The fourth-order valence-corrected chi connectivity index (χ4v) is 1.54. The molecule has 0 aliphatic heterocycles. The van der Waals surface area contributed by atoms with Crippen molar-refractivity contribution >= 4 is 33.7 Å². The van der Waals surface area contributed by atoms with E-state index in [0.717, 1.165) is 11.8 Å². The minimum Gasteiger partial charge on any atom is -0.481 e. The lowest BCUT2D eigenvalue weighted by atomic mass is 10.8. The van der Waals surface area contributed by atoms with Crippen molar-refractivity contribution in [3.63, 3.8) is 0 Å². The molecule has 0 radical (unpaired) electrons. The maximum atomic E-state index is 10.2. The lowest BCUT2D eigenvalue weighted by molar-refractivity contribution is -0.133. The Labute approximate surface area is 81.3 Å². The number of halogens is 1. The molecule has 66 valence electrons. The van der Waals surface area contributed by atoms with Gasteiger partial charge in [-0.25, -0.2) is 0 Å². The van der Waals surface area contributed by atoms with E-state index in [0.29, 0.717) is 9.89 Å². The fraction of sp³-hybridized carbons (Fsp3) is 0.400. The number of aliphatic carboxylic acids is 1. The van der Waals surface area contributed by atoms with Gasteiger partial charge in [0.05, 0.1) is 5.75 Å². The smallest absolute Gasteiger partial charge is 0.313 e. The van der Waals surface area contributed by atoms with Gasteiger partial charge in [-0.15, -0.1) is 10.2 Å². The molecule has 0 amide bonds. The Morgan fingerprint density at radius 2 is 2.42 bits per heavy atom. The fourth-order valence-electron chi connectivity index (χ4n) is 0.549. The maximum Gasteiger partial charge on any atom is 0.313 e. The highest BCUT2D eigenvalue weighted by Gasteiger charge is 2.07. The molecule has 0 aliphatic carbocycles. The van der Waals surface area contributed by atoms with E-state index >= 15 is 0 Å². The maximum absolute atomic E-state index is 10.2. The Bertz CT molecular complexity index is 301. The minimum atomic E-state index is -0.862. The van der Waals surface area contributed by atoms with Crippen LogP contribution in [0.1, 0.15) is 0 Å². The molecule has 1 aromatic rings. The van der Waals surface area contributed by atoms with Gasteiger partial charge in [-0.2, -0.15) is 0 Å². The van der Waals surface area contributed by atoms with Gasteiger partial charge in [0.2, 0.25) is 4.73 Å². The van der Waals surface area contributed by atoms with E-state index in [1.54, 1.807) is 11.6 Å². The minimum absolute atomic E-state index is 0.00102. The van der Waals surface area contributed by atoms with Crippen LogP contribution in [0.4, 0.5) is 0 Å². The van der Waals surface area contributed by atoms with Crippen molar-refractivity contribution < 1.29 is 9.90 Å². The van der Waals surface area contributed by atoms with Gasteiger partial charge >= 0.3 is 5.97 Å². The third-order valence-electron chi connectivity index (χ3n) is 1.11. The Balaban J connectivity index is 2.63. The highest BCUT2D eigenvalue weighted by molar-refractivity contribution is 9.10. The zero-order chi connectivity index (χ0) is 9.14. The Kier molecular flexibility index (Phi) is 3.10. The van der Waals surface area contributed by atoms with E-state index < -0.39 is 5.97 Å². The monoisotopic (exact) mass is 251 g/mol. The molecule has 0 spiro atoms. The molecule has 1 heterocycles. The average molecular weight is 252 g/mol. The molecule has 0 unspecified atom stereocenters. The zero-order valence-electron chi connectivity index (χ0n) is 6.19. The van der Waals surface area contributed by atoms with Crippen LogP contribution in [0.25, 0.3) is 0 Å². The molecular weight excluding hydrogens is 246 g/mol. The topological polar surface area (TPSA) is 68.0 Å². The quantitative estimate of drug-likeness (QED) is 0.804. The van der Waals surface area contributed by atoms with Crippen LogP contribution < -0.4 is 0 Å². The number of aromatic nitrogens is 3. The molecule has 1 rings (SSSR count). The Morgan fingerprint density at radius 3 is 2.83 bits per heavy atom. The summed E-state index contributed by atoms with van der Waals surface area (Å²) in [4.78, 5) is 10.2.